The zero-order valence-corrected chi connectivity index (χ0v) is 15.8. The van der Waals surface area contributed by atoms with Crippen LogP contribution in [0.3, 0.4) is 0 Å². The third-order valence-electron chi connectivity index (χ3n) is 5.36. The van der Waals surface area contributed by atoms with Crippen molar-refractivity contribution in [1.82, 2.24) is 14.8 Å². The van der Waals surface area contributed by atoms with E-state index in [1.165, 1.54) is 0 Å². The molecule has 2 fully saturated rings. The Morgan fingerprint density at radius 2 is 1.84 bits per heavy atom. The van der Waals surface area contributed by atoms with E-state index in [0.717, 1.165) is 36.9 Å². The van der Waals surface area contributed by atoms with Crippen molar-refractivity contribution < 1.29 is 14.3 Å². The Morgan fingerprint density at radius 1 is 1.24 bits per heavy atom. The molecule has 2 amide bonds. The van der Waals surface area contributed by atoms with Crippen LogP contribution in [0, 0.1) is 6.92 Å². The van der Waals surface area contributed by atoms with Crippen molar-refractivity contribution in [3.8, 4) is 0 Å². The Labute approximate surface area is 149 Å². The fraction of sp³-hybridized carbons (Fsp3) is 0.684. The molecule has 6 nitrogen and oxygen atoms in total. The molecule has 1 N–H and O–H groups in total. The van der Waals surface area contributed by atoms with Crippen LogP contribution in [0.25, 0.3) is 0 Å². The molecule has 0 saturated carbocycles. The normalized spacial score (nSPS) is 25.8. The van der Waals surface area contributed by atoms with Crippen LogP contribution in [-0.4, -0.2) is 57.6 Å². The molecule has 2 saturated heterocycles. The van der Waals surface area contributed by atoms with Gasteiger partial charge in [-0.15, -0.1) is 0 Å². The summed E-state index contributed by atoms with van der Waals surface area (Å²) in [6.45, 7) is 7.59. The molecule has 138 valence electrons. The summed E-state index contributed by atoms with van der Waals surface area (Å²) < 4.78 is 5.58. The number of rotatable bonds is 2. The number of carbonyl (C=O) groups is 2. The van der Waals surface area contributed by atoms with Crippen molar-refractivity contribution >= 4 is 12.0 Å². The fourth-order valence-electron chi connectivity index (χ4n) is 4.12. The first-order chi connectivity index (χ1) is 11.7. The van der Waals surface area contributed by atoms with Crippen molar-refractivity contribution in [3.63, 3.8) is 0 Å². The molecule has 2 aliphatic rings. The lowest BCUT2D eigenvalue weighted by Crippen LogP contribution is -2.53. The summed E-state index contributed by atoms with van der Waals surface area (Å²) in [5.74, 6) is 0.0499. The van der Waals surface area contributed by atoms with Gasteiger partial charge in [0.25, 0.3) is 5.91 Å². The summed E-state index contributed by atoms with van der Waals surface area (Å²) in [6, 6.07) is 2.33. The molecule has 0 radical (unpaired) electrons. The van der Waals surface area contributed by atoms with E-state index in [4.69, 9.17) is 4.74 Å². The molecule has 3 rings (SSSR count). The summed E-state index contributed by atoms with van der Waals surface area (Å²) in [7, 11) is 1.88. The number of fused-ring (bicyclic) bond motifs is 2. The highest BCUT2D eigenvalue weighted by Gasteiger charge is 2.46. The Bertz CT molecular complexity index is 647. The minimum Gasteiger partial charge on any atom is -0.444 e. The summed E-state index contributed by atoms with van der Waals surface area (Å²) in [6.07, 6.45) is 5.21. The average molecular weight is 347 g/mol. The second-order valence-electron chi connectivity index (χ2n) is 8.33. The van der Waals surface area contributed by atoms with E-state index in [9.17, 15) is 9.59 Å². The minimum absolute atomic E-state index is 0.0499. The summed E-state index contributed by atoms with van der Waals surface area (Å²) in [4.78, 5) is 32.1. The van der Waals surface area contributed by atoms with Gasteiger partial charge in [-0.3, -0.25) is 4.79 Å². The molecule has 2 aliphatic heterocycles. The van der Waals surface area contributed by atoms with Crippen LogP contribution >= 0.6 is 0 Å². The number of ether oxygens (including phenoxy) is 1. The van der Waals surface area contributed by atoms with Crippen LogP contribution in [0.15, 0.2) is 12.3 Å². The van der Waals surface area contributed by atoms with Gasteiger partial charge in [0, 0.05) is 37.1 Å². The van der Waals surface area contributed by atoms with Gasteiger partial charge in [0.15, 0.2) is 0 Å². The van der Waals surface area contributed by atoms with Crippen molar-refractivity contribution in [2.24, 2.45) is 0 Å². The van der Waals surface area contributed by atoms with Crippen molar-refractivity contribution in [3.05, 3.63) is 23.5 Å². The van der Waals surface area contributed by atoms with Gasteiger partial charge in [-0.25, -0.2) is 4.79 Å². The number of aromatic nitrogens is 1. The third kappa shape index (κ3) is 3.53. The van der Waals surface area contributed by atoms with Gasteiger partial charge in [0.05, 0.1) is 5.56 Å². The van der Waals surface area contributed by atoms with E-state index in [-0.39, 0.29) is 30.1 Å². The molecule has 25 heavy (non-hydrogen) atoms. The highest BCUT2D eigenvalue weighted by atomic mass is 16.6. The summed E-state index contributed by atoms with van der Waals surface area (Å²) >= 11 is 0. The predicted molar refractivity (Wildman–Crippen MR) is 95.5 cm³/mol. The maximum absolute atomic E-state index is 12.8. The smallest absolute Gasteiger partial charge is 0.410 e. The Balaban J connectivity index is 1.68. The molecule has 1 aromatic heterocycles. The SMILES string of the molecule is Cc1[nH]ccc1C(=O)N(C)C1CC2CCC(C1)N2C(=O)OC(C)(C)C. The van der Waals surface area contributed by atoms with Crippen molar-refractivity contribution in [2.75, 3.05) is 7.05 Å². The average Bonchev–Trinajstić information content (AvgIpc) is 3.05. The monoisotopic (exact) mass is 347 g/mol. The van der Waals surface area contributed by atoms with E-state index in [0.29, 0.717) is 0 Å². The fourth-order valence-corrected chi connectivity index (χ4v) is 4.12. The summed E-state index contributed by atoms with van der Waals surface area (Å²) in [5.41, 5.74) is 1.14. The molecular weight excluding hydrogens is 318 g/mol. The topological polar surface area (TPSA) is 65.6 Å². The number of nitrogens with zero attached hydrogens (tertiary/aromatic N) is 2. The largest absolute Gasteiger partial charge is 0.444 e. The predicted octanol–water partition coefficient (Wildman–Crippen LogP) is 3.33. The second-order valence-corrected chi connectivity index (χ2v) is 8.33. The quantitative estimate of drug-likeness (QED) is 0.892. The molecular formula is C19H29N3O3. The molecule has 2 bridgehead atoms. The standard InChI is InChI=1S/C19H29N3O3/c1-12-16(8-9-20-12)17(23)21(5)15-10-13-6-7-14(11-15)22(13)18(24)25-19(2,3)4/h8-9,13-15,20H,6-7,10-11H2,1-5H3. The van der Waals surface area contributed by atoms with Crippen LogP contribution in [0.4, 0.5) is 4.79 Å². The molecule has 2 unspecified atom stereocenters. The maximum Gasteiger partial charge on any atom is 0.410 e. The van der Waals surface area contributed by atoms with E-state index >= 15 is 0 Å². The maximum atomic E-state index is 12.8. The highest BCUT2D eigenvalue weighted by Crippen LogP contribution is 2.38. The van der Waals surface area contributed by atoms with Gasteiger partial charge >= 0.3 is 6.09 Å². The first-order valence-electron chi connectivity index (χ1n) is 9.10. The number of piperidine rings is 1. The number of nitrogens with one attached hydrogen (secondary N) is 1. The van der Waals surface area contributed by atoms with Gasteiger partial charge < -0.3 is 19.5 Å². The Morgan fingerprint density at radius 3 is 2.32 bits per heavy atom. The Kier molecular flexibility index (Phi) is 4.56. The zero-order chi connectivity index (χ0) is 18.4. The second kappa shape index (κ2) is 6.39. The zero-order valence-electron chi connectivity index (χ0n) is 15.8. The van der Waals surface area contributed by atoms with E-state index in [1.807, 2.05) is 50.6 Å². The first-order valence-corrected chi connectivity index (χ1v) is 9.10. The van der Waals surface area contributed by atoms with Gasteiger partial charge in [-0.1, -0.05) is 0 Å². The Hall–Kier alpha value is -1.98. The number of hydrogen-bond donors (Lipinski definition) is 1. The van der Waals surface area contributed by atoms with E-state index in [1.54, 1.807) is 6.20 Å². The van der Waals surface area contributed by atoms with Gasteiger partial charge in [0.1, 0.15) is 5.60 Å². The third-order valence-corrected chi connectivity index (χ3v) is 5.36. The molecule has 0 spiro atoms. The molecule has 2 atom stereocenters. The summed E-state index contributed by atoms with van der Waals surface area (Å²) in [5, 5.41) is 0. The van der Waals surface area contributed by atoms with Crippen molar-refractivity contribution in [1.29, 1.82) is 0 Å². The number of carbonyl (C=O) groups excluding carboxylic acids is 2. The number of hydrogen-bond acceptors (Lipinski definition) is 3. The van der Waals surface area contributed by atoms with Crippen LogP contribution in [0.2, 0.25) is 0 Å². The number of aryl methyl sites for hydroxylation is 1. The van der Waals surface area contributed by atoms with Gasteiger partial charge in [-0.2, -0.15) is 0 Å². The molecule has 3 heterocycles. The molecule has 0 aromatic carbocycles. The lowest BCUT2D eigenvalue weighted by Gasteiger charge is -2.42. The van der Waals surface area contributed by atoms with Crippen LogP contribution in [0.5, 0.6) is 0 Å². The molecule has 1 aromatic rings. The van der Waals surface area contributed by atoms with E-state index in [2.05, 4.69) is 4.98 Å². The highest BCUT2D eigenvalue weighted by molar-refractivity contribution is 5.95. The number of H-pyrrole nitrogens is 1. The van der Waals surface area contributed by atoms with Crippen LogP contribution in [-0.2, 0) is 4.74 Å². The number of aromatic amines is 1. The van der Waals surface area contributed by atoms with Crippen LogP contribution in [0.1, 0.15) is 62.5 Å². The number of amides is 2. The lowest BCUT2D eigenvalue weighted by atomic mass is 9.96. The molecule has 0 aliphatic carbocycles. The van der Waals surface area contributed by atoms with E-state index < -0.39 is 5.60 Å². The van der Waals surface area contributed by atoms with Gasteiger partial charge in [0.2, 0.25) is 0 Å². The first kappa shape index (κ1) is 17.8. The minimum atomic E-state index is -0.480. The lowest BCUT2D eigenvalue weighted by molar-refractivity contribution is -0.00111. The molecule has 6 heteroatoms. The van der Waals surface area contributed by atoms with Crippen molar-refractivity contribution in [2.45, 2.75) is 77.1 Å². The van der Waals surface area contributed by atoms with Crippen LogP contribution < -0.4 is 0 Å². The van der Waals surface area contributed by atoms with Gasteiger partial charge in [-0.05, 0) is 59.4 Å².